The van der Waals surface area contributed by atoms with Crippen LogP contribution in [0.1, 0.15) is 30.6 Å². The zero-order valence-electron chi connectivity index (χ0n) is 10.7. The third-order valence-corrected chi connectivity index (χ3v) is 5.75. The first-order chi connectivity index (χ1) is 9.13. The number of rotatable bonds is 6. The quantitative estimate of drug-likeness (QED) is 0.834. The van der Waals surface area contributed by atoms with Crippen molar-refractivity contribution in [3.05, 3.63) is 16.3 Å². The van der Waals surface area contributed by atoms with E-state index in [4.69, 9.17) is 9.84 Å². The summed E-state index contributed by atoms with van der Waals surface area (Å²) in [5.41, 5.74) is 0. The highest BCUT2D eigenvalue weighted by Gasteiger charge is 2.20. The van der Waals surface area contributed by atoms with Crippen molar-refractivity contribution in [1.82, 2.24) is 4.72 Å². The minimum absolute atomic E-state index is 0.163. The second-order valence-corrected chi connectivity index (χ2v) is 7.28. The molecule has 1 atom stereocenters. The molecule has 1 saturated heterocycles. The molecular formula is C12H19NO4S2. The average molecular weight is 305 g/mol. The number of sulfonamides is 1. The van der Waals surface area contributed by atoms with Crippen molar-refractivity contribution >= 4 is 21.4 Å². The summed E-state index contributed by atoms with van der Waals surface area (Å²) in [5, 5.41) is 10.8. The minimum atomic E-state index is -3.52. The third kappa shape index (κ3) is 4.00. The maximum absolute atomic E-state index is 12.1. The van der Waals surface area contributed by atoms with Crippen LogP contribution in [0.2, 0.25) is 0 Å². The maximum atomic E-state index is 12.1. The highest BCUT2D eigenvalue weighted by atomic mass is 32.2. The van der Waals surface area contributed by atoms with E-state index in [1.807, 2.05) is 0 Å². The predicted octanol–water partition coefficient (Wildman–Crippen LogP) is 1.48. The molecule has 1 aromatic heterocycles. The van der Waals surface area contributed by atoms with Gasteiger partial charge >= 0.3 is 0 Å². The molecule has 2 heterocycles. The van der Waals surface area contributed by atoms with E-state index < -0.39 is 10.0 Å². The van der Waals surface area contributed by atoms with E-state index >= 15 is 0 Å². The fraction of sp³-hybridized carbons (Fsp3) is 0.667. The van der Waals surface area contributed by atoms with Gasteiger partial charge in [0, 0.05) is 18.0 Å². The van der Waals surface area contributed by atoms with Crippen LogP contribution in [0.25, 0.3) is 0 Å². The molecule has 1 fully saturated rings. The fourth-order valence-electron chi connectivity index (χ4n) is 2.15. The molecule has 5 nitrogen and oxygen atoms in total. The molecule has 0 bridgehead atoms. The first kappa shape index (κ1) is 14.9. The van der Waals surface area contributed by atoms with Crippen LogP contribution in [0.3, 0.4) is 0 Å². The van der Waals surface area contributed by atoms with Crippen LogP contribution in [0, 0.1) is 0 Å². The lowest BCUT2D eigenvalue weighted by Crippen LogP contribution is -2.29. The molecule has 1 aromatic rings. The predicted molar refractivity (Wildman–Crippen MR) is 73.6 cm³/mol. The lowest BCUT2D eigenvalue weighted by atomic mass is 10.1. The number of ether oxygens (including phenoxy) is 1. The fourth-order valence-corrected chi connectivity index (χ4v) is 4.49. The summed E-state index contributed by atoms with van der Waals surface area (Å²) in [5.74, 6) is 0. The summed E-state index contributed by atoms with van der Waals surface area (Å²) in [6.45, 7) is 0.893. The van der Waals surface area contributed by atoms with Gasteiger partial charge in [-0.2, -0.15) is 0 Å². The smallest absolute Gasteiger partial charge is 0.241 e. The molecule has 0 radical (unpaired) electrons. The average Bonchev–Trinajstić information content (AvgIpc) is 2.89. The summed E-state index contributed by atoms with van der Waals surface area (Å²) >= 11 is 1.24. The summed E-state index contributed by atoms with van der Waals surface area (Å²) in [7, 11) is -3.52. The largest absolute Gasteiger partial charge is 0.391 e. The van der Waals surface area contributed by atoms with E-state index in [0.29, 0.717) is 17.8 Å². The molecule has 0 saturated carbocycles. The van der Waals surface area contributed by atoms with Crippen LogP contribution < -0.4 is 4.72 Å². The van der Waals surface area contributed by atoms with E-state index in [-0.39, 0.29) is 17.6 Å². The molecule has 0 spiro atoms. The Morgan fingerprint density at radius 2 is 2.32 bits per heavy atom. The van der Waals surface area contributed by atoms with Gasteiger partial charge in [0.1, 0.15) is 0 Å². The molecule has 0 amide bonds. The SMILES string of the molecule is O=S(=O)(NCCC1CCCCO1)c1ccsc1CO. The highest BCUT2D eigenvalue weighted by Crippen LogP contribution is 2.22. The summed E-state index contributed by atoms with van der Waals surface area (Å²) in [6.07, 6.45) is 4.10. The van der Waals surface area contributed by atoms with Crippen LogP contribution >= 0.6 is 11.3 Å². The van der Waals surface area contributed by atoms with E-state index in [9.17, 15) is 8.42 Å². The topological polar surface area (TPSA) is 75.6 Å². The number of hydrogen-bond acceptors (Lipinski definition) is 5. The zero-order valence-corrected chi connectivity index (χ0v) is 12.3. The standard InChI is InChI=1S/C12H19NO4S2/c14-9-11-12(5-8-18-11)19(15,16)13-6-4-10-3-1-2-7-17-10/h5,8,10,13-14H,1-4,6-7,9H2. The Morgan fingerprint density at radius 3 is 3.00 bits per heavy atom. The van der Waals surface area contributed by atoms with Crippen LogP contribution in [-0.4, -0.2) is 32.8 Å². The van der Waals surface area contributed by atoms with Crippen LogP contribution in [-0.2, 0) is 21.4 Å². The molecule has 1 aliphatic rings. The van der Waals surface area contributed by atoms with Gasteiger partial charge in [-0.1, -0.05) is 0 Å². The van der Waals surface area contributed by atoms with Crippen LogP contribution in [0.15, 0.2) is 16.3 Å². The van der Waals surface area contributed by atoms with E-state index in [1.54, 1.807) is 5.38 Å². The first-order valence-electron chi connectivity index (χ1n) is 6.42. The Morgan fingerprint density at radius 1 is 1.47 bits per heavy atom. The second-order valence-electron chi connectivity index (χ2n) is 4.54. The number of aliphatic hydroxyl groups is 1. The van der Waals surface area contributed by atoms with Crippen molar-refractivity contribution in [2.75, 3.05) is 13.2 Å². The van der Waals surface area contributed by atoms with Gasteiger partial charge < -0.3 is 9.84 Å². The lowest BCUT2D eigenvalue weighted by molar-refractivity contribution is 0.0123. The molecule has 1 aliphatic heterocycles. The lowest BCUT2D eigenvalue weighted by Gasteiger charge is -2.22. The van der Waals surface area contributed by atoms with Crippen molar-refractivity contribution in [2.45, 2.75) is 43.3 Å². The van der Waals surface area contributed by atoms with Gasteiger partial charge in [-0.3, -0.25) is 0 Å². The van der Waals surface area contributed by atoms with Gasteiger partial charge in [0.05, 0.1) is 17.6 Å². The second kappa shape index (κ2) is 6.81. The molecule has 7 heteroatoms. The van der Waals surface area contributed by atoms with Crippen molar-refractivity contribution in [3.8, 4) is 0 Å². The van der Waals surface area contributed by atoms with E-state index in [0.717, 1.165) is 25.9 Å². The van der Waals surface area contributed by atoms with Crippen molar-refractivity contribution in [2.24, 2.45) is 0 Å². The molecule has 19 heavy (non-hydrogen) atoms. The molecule has 2 N–H and O–H groups in total. The third-order valence-electron chi connectivity index (χ3n) is 3.17. The van der Waals surface area contributed by atoms with Gasteiger partial charge in [-0.25, -0.2) is 13.1 Å². The summed E-state index contributed by atoms with van der Waals surface area (Å²) in [4.78, 5) is 0.658. The summed E-state index contributed by atoms with van der Waals surface area (Å²) in [6, 6.07) is 1.52. The van der Waals surface area contributed by atoms with Crippen molar-refractivity contribution in [1.29, 1.82) is 0 Å². The number of aliphatic hydroxyl groups excluding tert-OH is 1. The van der Waals surface area contributed by atoms with Gasteiger partial charge in [-0.05, 0) is 37.1 Å². The molecule has 0 aromatic carbocycles. The van der Waals surface area contributed by atoms with Crippen molar-refractivity contribution < 1.29 is 18.3 Å². The zero-order chi connectivity index (χ0) is 13.7. The Kier molecular flexibility index (Phi) is 5.35. The highest BCUT2D eigenvalue weighted by molar-refractivity contribution is 7.89. The molecular weight excluding hydrogens is 286 g/mol. The Hall–Kier alpha value is -0.470. The van der Waals surface area contributed by atoms with Gasteiger partial charge in [0.25, 0.3) is 0 Å². The Bertz CT molecular complexity index is 492. The van der Waals surface area contributed by atoms with E-state index in [1.165, 1.54) is 17.4 Å². The van der Waals surface area contributed by atoms with Gasteiger partial charge in [0.15, 0.2) is 0 Å². The van der Waals surface area contributed by atoms with Crippen molar-refractivity contribution in [3.63, 3.8) is 0 Å². The molecule has 1 unspecified atom stereocenters. The normalized spacial score (nSPS) is 20.6. The molecule has 0 aliphatic carbocycles. The Balaban J connectivity index is 1.87. The monoisotopic (exact) mass is 305 g/mol. The maximum Gasteiger partial charge on any atom is 0.241 e. The van der Waals surface area contributed by atoms with Gasteiger partial charge in [0.2, 0.25) is 10.0 Å². The first-order valence-corrected chi connectivity index (χ1v) is 8.78. The number of hydrogen-bond donors (Lipinski definition) is 2. The Labute approximate surface area is 117 Å². The van der Waals surface area contributed by atoms with Crippen LogP contribution in [0.4, 0.5) is 0 Å². The number of thiophene rings is 1. The van der Waals surface area contributed by atoms with Gasteiger partial charge in [-0.15, -0.1) is 11.3 Å². The summed E-state index contributed by atoms with van der Waals surface area (Å²) < 4.78 is 32.2. The van der Waals surface area contributed by atoms with E-state index in [2.05, 4.69) is 4.72 Å². The number of nitrogens with one attached hydrogen (secondary N) is 1. The minimum Gasteiger partial charge on any atom is -0.391 e. The van der Waals surface area contributed by atoms with Crippen LogP contribution in [0.5, 0.6) is 0 Å². The molecule has 2 rings (SSSR count). The molecule has 108 valence electrons.